The summed E-state index contributed by atoms with van der Waals surface area (Å²) in [5, 5.41) is 0. The van der Waals surface area contributed by atoms with E-state index in [0.29, 0.717) is 37.6 Å². The zero-order valence-electron chi connectivity index (χ0n) is 16.1. The summed E-state index contributed by atoms with van der Waals surface area (Å²) in [6, 6.07) is 10.6. The van der Waals surface area contributed by atoms with Crippen molar-refractivity contribution in [1.82, 2.24) is 9.80 Å². The van der Waals surface area contributed by atoms with Crippen molar-refractivity contribution < 1.29 is 18.3 Å². The molecule has 2 aliphatic rings. The van der Waals surface area contributed by atoms with Crippen LogP contribution in [0.4, 0.5) is 4.39 Å². The molecule has 0 bridgehead atoms. The van der Waals surface area contributed by atoms with Gasteiger partial charge in [0.15, 0.2) is 5.76 Å². The molecule has 2 aromatic rings. The van der Waals surface area contributed by atoms with E-state index in [0.717, 1.165) is 32.2 Å². The third kappa shape index (κ3) is 4.45. The minimum Gasteiger partial charge on any atom is -0.459 e. The van der Waals surface area contributed by atoms with Gasteiger partial charge in [0.1, 0.15) is 5.82 Å². The van der Waals surface area contributed by atoms with Gasteiger partial charge in [-0.05, 0) is 31.0 Å². The molecule has 0 radical (unpaired) electrons. The van der Waals surface area contributed by atoms with Crippen LogP contribution in [0.2, 0.25) is 0 Å². The second-order valence-corrected chi connectivity index (χ2v) is 7.69. The molecule has 1 saturated carbocycles. The standard InChI is InChI=1S/C22H27FN2O3/c23-20-9-4-1-6-17(20)14-24-11-13-27-19(15-24)16-25(18-7-2-3-8-18)22(26)21-10-5-12-28-21/h1,4-6,9-10,12,18-19H,2-3,7-8,11,13-16H2/t19-/m1/s1. The van der Waals surface area contributed by atoms with Crippen LogP contribution in [-0.2, 0) is 11.3 Å². The van der Waals surface area contributed by atoms with Gasteiger partial charge in [0.25, 0.3) is 5.91 Å². The molecule has 2 fully saturated rings. The van der Waals surface area contributed by atoms with Crippen molar-refractivity contribution >= 4 is 5.91 Å². The first-order valence-electron chi connectivity index (χ1n) is 10.1. The number of carbonyl (C=O) groups is 1. The van der Waals surface area contributed by atoms with E-state index in [2.05, 4.69) is 4.90 Å². The summed E-state index contributed by atoms with van der Waals surface area (Å²) in [5.74, 6) is 0.142. The van der Waals surface area contributed by atoms with Crippen molar-refractivity contribution in [3.63, 3.8) is 0 Å². The highest BCUT2D eigenvalue weighted by Crippen LogP contribution is 2.26. The van der Waals surface area contributed by atoms with Crippen molar-refractivity contribution in [3.05, 3.63) is 59.8 Å². The summed E-state index contributed by atoms with van der Waals surface area (Å²) < 4.78 is 25.3. The van der Waals surface area contributed by atoms with Gasteiger partial charge in [0.2, 0.25) is 0 Å². The van der Waals surface area contributed by atoms with Gasteiger partial charge in [0.05, 0.1) is 19.0 Å². The predicted molar refractivity (Wildman–Crippen MR) is 103 cm³/mol. The molecule has 0 unspecified atom stereocenters. The van der Waals surface area contributed by atoms with Crippen LogP contribution in [0.5, 0.6) is 0 Å². The summed E-state index contributed by atoms with van der Waals surface area (Å²) in [5.41, 5.74) is 0.697. The van der Waals surface area contributed by atoms with Crippen molar-refractivity contribution in [2.45, 2.75) is 44.4 Å². The average Bonchev–Trinajstić information content (AvgIpc) is 3.42. The van der Waals surface area contributed by atoms with Crippen LogP contribution in [0.25, 0.3) is 0 Å². The third-order valence-electron chi connectivity index (χ3n) is 5.73. The van der Waals surface area contributed by atoms with E-state index in [1.807, 2.05) is 17.0 Å². The number of furan rings is 1. The molecular weight excluding hydrogens is 359 g/mol. The van der Waals surface area contributed by atoms with Crippen LogP contribution in [-0.4, -0.2) is 54.1 Å². The second-order valence-electron chi connectivity index (χ2n) is 7.69. The van der Waals surface area contributed by atoms with Crippen LogP contribution in [0, 0.1) is 5.82 Å². The maximum atomic E-state index is 14.0. The van der Waals surface area contributed by atoms with Gasteiger partial charge >= 0.3 is 0 Å². The maximum Gasteiger partial charge on any atom is 0.289 e. The van der Waals surface area contributed by atoms with Gasteiger partial charge in [-0.3, -0.25) is 9.69 Å². The van der Waals surface area contributed by atoms with Gasteiger partial charge in [-0.25, -0.2) is 4.39 Å². The number of benzene rings is 1. The van der Waals surface area contributed by atoms with Crippen molar-refractivity contribution in [3.8, 4) is 0 Å². The minimum atomic E-state index is -0.175. The van der Waals surface area contributed by atoms with Gasteiger partial charge in [-0.2, -0.15) is 0 Å². The second kappa shape index (κ2) is 8.88. The van der Waals surface area contributed by atoms with Crippen molar-refractivity contribution in [2.24, 2.45) is 0 Å². The van der Waals surface area contributed by atoms with Crippen LogP contribution in [0.15, 0.2) is 47.1 Å². The van der Waals surface area contributed by atoms with Gasteiger partial charge in [0, 0.05) is 37.8 Å². The molecule has 5 nitrogen and oxygen atoms in total. The molecule has 1 saturated heterocycles. The SMILES string of the molecule is O=C(c1ccco1)N(C[C@H]1CN(Cc2ccccc2F)CCO1)C1CCCC1. The van der Waals surface area contributed by atoms with Crippen LogP contribution >= 0.6 is 0 Å². The van der Waals surface area contributed by atoms with E-state index in [4.69, 9.17) is 9.15 Å². The lowest BCUT2D eigenvalue weighted by Gasteiger charge is -2.37. The van der Waals surface area contributed by atoms with Gasteiger partial charge in [-0.1, -0.05) is 31.0 Å². The number of amides is 1. The summed E-state index contributed by atoms with van der Waals surface area (Å²) >= 11 is 0. The fraction of sp³-hybridized carbons (Fsp3) is 0.500. The topological polar surface area (TPSA) is 45.9 Å². The Balaban J connectivity index is 1.42. The predicted octanol–water partition coefficient (Wildman–Crippen LogP) is 3.70. The van der Waals surface area contributed by atoms with E-state index < -0.39 is 0 Å². The quantitative estimate of drug-likeness (QED) is 0.759. The fourth-order valence-corrected chi connectivity index (χ4v) is 4.28. The van der Waals surface area contributed by atoms with E-state index in [-0.39, 0.29) is 23.9 Å². The Morgan fingerprint density at radius 2 is 2.00 bits per heavy atom. The zero-order valence-corrected chi connectivity index (χ0v) is 16.1. The summed E-state index contributed by atoms with van der Waals surface area (Å²) in [4.78, 5) is 17.1. The summed E-state index contributed by atoms with van der Waals surface area (Å²) in [7, 11) is 0. The average molecular weight is 386 g/mol. The number of nitrogens with zero attached hydrogens (tertiary/aromatic N) is 2. The number of morpholine rings is 1. The number of carbonyl (C=O) groups excluding carboxylic acids is 1. The highest BCUT2D eigenvalue weighted by atomic mass is 19.1. The minimum absolute atomic E-state index is 0.0632. The largest absolute Gasteiger partial charge is 0.459 e. The molecule has 1 atom stereocenters. The van der Waals surface area contributed by atoms with Crippen LogP contribution in [0.3, 0.4) is 0 Å². The molecule has 1 aromatic heterocycles. The third-order valence-corrected chi connectivity index (χ3v) is 5.73. The lowest BCUT2D eigenvalue weighted by molar-refractivity contribution is -0.0473. The number of rotatable bonds is 6. The molecule has 1 aromatic carbocycles. The Bertz CT molecular complexity index is 774. The molecular formula is C22H27FN2O3. The number of ether oxygens (including phenoxy) is 1. The van der Waals surface area contributed by atoms with E-state index in [9.17, 15) is 9.18 Å². The summed E-state index contributed by atoms with van der Waals surface area (Å²) in [6.45, 7) is 3.13. The normalized spacial score (nSPS) is 21.1. The Kier molecular flexibility index (Phi) is 6.07. The molecule has 6 heteroatoms. The van der Waals surface area contributed by atoms with Crippen molar-refractivity contribution in [2.75, 3.05) is 26.2 Å². The van der Waals surface area contributed by atoms with Crippen molar-refractivity contribution in [1.29, 1.82) is 0 Å². The van der Waals surface area contributed by atoms with Crippen LogP contribution < -0.4 is 0 Å². The van der Waals surface area contributed by atoms with Gasteiger partial charge < -0.3 is 14.1 Å². The summed E-state index contributed by atoms with van der Waals surface area (Å²) in [6.07, 6.45) is 5.80. The first-order valence-corrected chi connectivity index (χ1v) is 10.1. The highest BCUT2D eigenvalue weighted by molar-refractivity contribution is 5.91. The molecule has 0 spiro atoms. The van der Waals surface area contributed by atoms with E-state index in [1.54, 1.807) is 18.2 Å². The molecule has 150 valence electrons. The first kappa shape index (κ1) is 19.2. The number of hydrogen-bond donors (Lipinski definition) is 0. The number of halogens is 1. The Morgan fingerprint density at radius 1 is 1.18 bits per heavy atom. The van der Waals surface area contributed by atoms with E-state index in [1.165, 1.54) is 12.3 Å². The molecule has 28 heavy (non-hydrogen) atoms. The Morgan fingerprint density at radius 3 is 2.75 bits per heavy atom. The highest BCUT2D eigenvalue weighted by Gasteiger charge is 2.32. The molecule has 4 rings (SSSR count). The molecule has 1 aliphatic heterocycles. The van der Waals surface area contributed by atoms with E-state index >= 15 is 0 Å². The molecule has 2 heterocycles. The molecule has 0 N–H and O–H groups in total. The maximum absolute atomic E-state index is 14.0. The Hall–Kier alpha value is -2.18. The lowest BCUT2D eigenvalue weighted by atomic mass is 10.1. The Labute approximate surface area is 165 Å². The molecule has 1 amide bonds. The molecule has 1 aliphatic carbocycles. The smallest absolute Gasteiger partial charge is 0.289 e. The fourth-order valence-electron chi connectivity index (χ4n) is 4.28. The lowest BCUT2D eigenvalue weighted by Crippen LogP contribution is -2.50. The zero-order chi connectivity index (χ0) is 19.3. The van der Waals surface area contributed by atoms with Crippen LogP contribution in [0.1, 0.15) is 41.8 Å². The first-order chi connectivity index (χ1) is 13.7. The monoisotopic (exact) mass is 386 g/mol. The van der Waals surface area contributed by atoms with Gasteiger partial charge in [-0.15, -0.1) is 0 Å². The number of hydrogen-bond acceptors (Lipinski definition) is 4.